The first-order valence-electron chi connectivity index (χ1n) is 8.32. The second kappa shape index (κ2) is 10.3. The summed E-state index contributed by atoms with van der Waals surface area (Å²) in [5.41, 5.74) is 0.333. The van der Waals surface area contributed by atoms with Gasteiger partial charge in [-0.3, -0.25) is 4.79 Å². The van der Waals surface area contributed by atoms with Crippen LogP contribution in [0.2, 0.25) is 0 Å². The summed E-state index contributed by atoms with van der Waals surface area (Å²) in [7, 11) is 0. The Balaban J connectivity index is 1.81. The highest BCUT2D eigenvalue weighted by Crippen LogP contribution is 2.16. The predicted molar refractivity (Wildman–Crippen MR) is 93.4 cm³/mol. The number of amides is 1. The Hall–Kier alpha value is -3.30. The number of hydrogen-bond donors (Lipinski definition) is 1. The Morgan fingerprint density at radius 2 is 1.28 bits per heavy atom. The first-order chi connectivity index (χ1) is 13.7. The number of nitrogens with one attached hydrogen (secondary N) is 1. The molecule has 6 nitrogen and oxygen atoms in total. The van der Waals surface area contributed by atoms with E-state index in [-0.39, 0.29) is 29.2 Å². The molecule has 1 N–H and O–H groups in total. The summed E-state index contributed by atoms with van der Waals surface area (Å²) in [6.07, 6.45) is 0. The Morgan fingerprint density at radius 3 is 1.72 bits per heavy atom. The second-order valence-electron chi connectivity index (χ2n) is 5.78. The largest absolute Gasteiger partial charge is 0.460 e. The highest BCUT2D eigenvalue weighted by atomic mass is 19.3. The van der Waals surface area contributed by atoms with Crippen molar-refractivity contribution in [1.82, 2.24) is 5.32 Å². The number of halogens is 4. The Kier molecular flexibility index (Phi) is 7.81. The number of alkyl halides is 4. The van der Waals surface area contributed by atoms with E-state index in [1.807, 2.05) is 0 Å². The first-order valence-corrected chi connectivity index (χ1v) is 8.32. The highest BCUT2D eigenvalue weighted by molar-refractivity contribution is 5.94. The summed E-state index contributed by atoms with van der Waals surface area (Å²) in [5.74, 6) is -1.38. The van der Waals surface area contributed by atoms with E-state index in [0.717, 1.165) is 0 Å². The second-order valence-corrected chi connectivity index (χ2v) is 5.78. The predicted octanol–water partition coefficient (Wildman–Crippen LogP) is 3.86. The average molecular weight is 415 g/mol. The molecule has 0 bridgehead atoms. The number of benzene rings is 2. The third kappa shape index (κ3) is 7.32. The smallest absolute Gasteiger partial charge is 0.387 e. The van der Waals surface area contributed by atoms with Crippen LogP contribution in [0.4, 0.5) is 17.6 Å². The number of carbonyl (C=O) groups is 2. The number of carbonyl (C=O) groups excluding carboxylic acids is 2. The van der Waals surface area contributed by atoms with Gasteiger partial charge in [-0.1, -0.05) is 0 Å². The SMILES string of the molecule is C[C@@H](COC(=O)c1ccc(OC(F)F)cc1)NC(=O)c1ccc(OC(F)F)cc1. The number of esters is 1. The van der Waals surface area contributed by atoms with Gasteiger partial charge in [0, 0.05) is 5.56 Å². The summed E-state index contributed by atoms with van der Waals surface area (Å²) < 4.78 is 61.9. The van der Waals surface area contributed by atoms with Crippen LogP contribution in [0.15, 0.2) is 48.5 Å². The van der Waals surface area contributed by atoms with Crippen LogP contribution in [-0.4, -0.2) is 37.7 Å². The Bertz CT molecular complexity index is 812. The molecular weight excluding hydrogens is 398 g/mol. The quantitative estimate of drug-likeness (QED) is 0.497. The summed E-state index contributed by atoms with van der Waals surface area (Å²) >= 11 is 0. The molecule has 1 amide bonds. The molecule has 2 rings (SSSR count). The maximum Gasteiger partial charge on any atom is 0.387 e. The lowest BCUT2D eigenvalue weighted by Crippen LogP contribution is -2.36. The molecule has 29 heavy (non-hydrogen) atoms. The van der Waals surface area contributed by atoms with E-state index in [1.165, 1.54) is 48.5 Å². The molecule has 0 aliphatic carbocycles. The lowest BCUT2D eigenvalue weighted by atomic mass is 10.2. The molecule has 0 fully saturated rings. The maximum absolute atomic E-state index is 12.1. The molecule has 0 unspecified atom stereocenters. The molecule has 0 aromatic heterocycles. The minimum atomic E-state index is -2.97. The van der Waals surface area contributed by atoms with Crippen molar-refractivity contribution in [3.8, 4) is 11.5 Å². The van der Waals surface area contributed by atoms with Gasteiger partial charge >= 0.3 is 19.2 Å². The zero-order chi connectivity index (χ0) is 21.4. The fourth-order valence-corrected chi connectivity index (χ4v) is 2.19. The van der Waals surface area contributed by atoms with Crippen molar-refractivity contribution in [1.29, 1.82) is 0 Å². The van der Waals surface area contributed by atoms with E-state index in [2.05, 4.69) is 14.8 Å². The third-order valence-corrected chi connectivity index (χ3v) is 3.50. The molecule has 1 atom stereocenters. The Morgan fingerprint density at radius 1 is 0.828 bits per heavy atom. The van der Waals surface area contributed by atoms with Gasteiger partial charge in [-0.25, -0.2) is 4.79 Å². The normalized spacial score (nSPS) is 11.8. The van der Waals surface area contributed by atoms with Crippen molar-refractivity contribution >= 4 is 11.9 Å². The molecule has 10 heteroatoms. The monoisotopic (exact) mass is 415 g/mol. The van der Waals surface area contributed by atoms with E-state index in [1.54, 1.807) is 6.92 Å². The van der Waals surface area contributed by atoms with Gasteiger partial charge in [-0.15, -0.1) is 0 Å². The van der Waals surface area contributed by atoms with Gasteiger partial charge < -0.3 is 19.5 Å². The lowest BCUT2D eigenvalue weighted by molar-refractivity contribution is -0.0505. The lowest BCUT2D eigenvalue weighted by Gasteiger charge is -2.14. The molecule has 0 saturated heterocycles. The molecule has 156 valence electrons. The van der Waals surface area contributed by atoms with Gasteiger partial charge in [0.05, 0.1) is 11.6 Å². The summed E-state index contributed by atoms with van der Waals surface area (Å²) in [6.45, 7) is -4.48. The fraction of sp³-hybridized carbons (Fsp3) is 0.263. The third-order valence-electron chi connectivity index (χ3n) is 3.50. The fourth-order valence-electron chi connectivity index (χ4n) is 2.19. The molecule has 0 radical (unpaired) electrons. The van der Waals surface area contributed by atoms with Crippen LogP contribution >= 0.6 is 0 Å². The zero-order valence-electron chi connectivity index (χ0n) is 15.1. The van der Waals surface area contributed by atoms with Gasteiger partial charge in [0.15, 0.2) is 0 Å². The summed E-state index contributed by atoms with van der Waals surface area (Å²) in [4.78, 5) is 24.1. The van der Waals surface area contributed by atoms with Crippen LogP contribution in [-0.2, 0) is 4.74 Å². The van der Waals surface area contributed by atoms with Crippen molar-refractivity contribution in [3.63, 3.8) is 0 Å². The van der Waals surface area contributed by atoms with Crippen LogP contribution in [0.5, 0.6) is 11.5 Å². The maximum atomic E-state index is 12.1. The van der Waals surface area contributed by atoms with E-state index in [0.29, 0.717) is 0 Å². The van der Waals surface area contributed by atoms with Crippen molar-refractivity contribution in [2.24, 2.45) is 0 Å². The van der Waals surface area contributed by atoms with Crippen LogP contribution in [0.1, 0.15) is 27.6 Å². The van der Waals surface area contributed by atoms with Crippen LogP contribution in [0.25, 0.3) is 0 Å². The molecule has 0 heterocycles. The van der Waals surface area contributed by atoms with Crippen LogP contribution < -0.4 is 14.8 Å². The number of rotatable bonds is 9. The highest BCUT2D eigenvalue weighted by Gasteiger charge is 2.14. The zero-order valence-corrected chi connectivity index (χ0v) is 15.1. The number of hydrogen-bond acceptors (Lipinski definition) is 5. The van der Waals surface area contributed by atoms with Gasteiger partial charge in [-0.05, 0) is 55.5 Å². The topological polar surface area (TPSA) is 73.9 Å². The molecule has 0 aliphatic rings. The van der Waals surface area contributed by atoms with Crippen LogP contribution in [0.3, 0.4) is 0 Å². The molecule has 0 spiro atoms. The molecule has 0 aliphatic heterocycles. The molecular formula is C19H17F4NO5. The minimum Gasteiger partial charge on any atom is -0.460 e. The van der Waals surface area contributed by atoms with Gasteiger partial charge in [-0.2, -0.15) is 17.6 Å². The minimum absolute atomic E-state index is 0.0801. The molecule has 2 aromatic carbocycles. The van der Waals surface area contributed by atoms with Crippen molar-refractivity contribution in [3.05, 3.63) is 59.7 Å². The average Bonchev–Trinajstić information content (AvgIpc) is 2.66. The summed E-state index contributed by atoms with van der Waals surface area (Å²) in [5, 5.41) is 2.59. The van der Waals surface area contributed by atoms with Gasteiger partial charge in [0.2, 0.25) is 0 Å². The van der Waals surface area contributed by atoms with Gasteiger partial charge in [0.1, 0.15) is 18.1 Å². The van der Waals surface area contributed by atoms with Crippen molar-refractivity contribution in [2.45, 2.75) is 26.2 Å². The number of ether oxygens (including phenoxy) is 3. The van der Waals surface area contributed by atoms with Gasteiger partial charge in [0.25, 0.3) is 5.91 Å². The molecule has 0 saturated carbocycles. The van der Waals surface area contributed by atoms with Crippen molar-refractivity contribution < 1.29 is 41.4 Å². The van der Waals surface area contributed by atoms with E-state index < -0.39 is 31.1 Å². The first kappa shape index (κ1) is 22.0. The Labute approximate surface area is 163 Å². The van der Waals surface area contributed by atoms with E-state index in [4.69, 9.17) is 4.74 Å². The summed E-state index contributed by atoms with van der Waals surface area (Å²) in [6, 6.07) is 9.48. The van der Waals surface area contributed by atoms with E-state index in [9.17, 15) is 27.2 Å². The standard InChI is InChI=1S/C19H17F4NO5/c1-11(24-16(25)12-2-6-14(7-3-12)28-18(20)21)10-27-17(26)13-4-8-15(9-5-13)29-19(22)23/h2-9,11,18-19H,10H2,1H3,(H,24,25)/t11-/m0/s1. The van der Waals surface area contributed by atoms with Crippen molar-refractivity contribution in [2.75, 3.05) is 6.61 Å². The van der Waals surface area contributed by atoms with E-state index >= 15 is 0 Å². The molecule has 2 aromatic rings. The van der Waals surface area contributed by atoms with Crippen LogP contribution in [0, 0.1) is 0 Å².